The standard InChI is InChI=1S/C18H20FN3O4S/c1-26-17-7-6-15(12-16(17)18(20)23)27(24,25)22-10-8-21(9-11-22)14-4-2-13(19)3-5-14/h2-7,12H,8-11H2,1H3,(H2,20,23). The van der Waals surface area contributed by atoms with Gasteiger partial charge in [-0.25, -0.2) is 12.8 Å². The lowest BCUT2D eigenvalue weighted by Gasteiger charge is -2.35. The van der Waals surface area contributed by atoms with Crippen LogP contribution in [0.4, 0.5) is 10.1 Å². The summed E-state index contributed by atoms with van der Waals surface area (Å²) in [6.07, 6.45) is 0. The average molecular weight is 393 g/mol. The molecule has 0 aromatic heterocycles. The summed E-state index contributed by atoms with van der Waals surface area (Å²) in [7, 11) is -2.39. The predicted molar refractivity (Wildman–Crippen MR) is 98.9 cm³/mol. The summed E-state index contributed by atoms with van der Waals surface area (Å²) in [6, 6.07) is 10.1. The van der Waals surface area contributed by atoms with Crippen molar-refractivity contribution in [3.8, 4) is 5.75 Å². The van der Waals surface area contributed by atoms with E-state index in [1.165, 1.54) is 41.7 Å². The Labute approximate surface area is 157 Å². The third kappa shape index (κ3) is 3.88. The number of hydrogen-bond donors (Lipinski definition) is 1. The Bertz CT molecular complexity index is 940. The van der Waals surface area contributed by atoms with Crippen molar-refractivity contribution in [1.29, 1.82) is 0 Å². The Hall–Kier alpha value is -2.65. The minimum absolute atomic E-state index is 0.00710. The Morgan fingerprint density at radius 2 is 1.70 bits per heavy atom. The van der Waals surface area contributed by atoms with Crippen molar-refractivity contribution in [2.75, 3.05) is 38.2 Å². The number of carbonyl (C=O) groups is 1. The van der Waals surface area contributed by atoms with Crippen LogP contribution in [0.5, 0.6) is 5.75 Å². The number of rotatable bonds is 5. The van der Waals surface area contributed by atoms with Gasteiger partial charge in [0.15, 0.2) is 0 Å². The van der Waals surface area contributed by atoms with Crippen molar-refractivity contribution in [3.05, 3.63) is 53.8 Å². The fourth-order valence-corrected chi connectivity index (χ4v) is 4.48. The first-order valence-corrected chi connectivity index (χ1v) is 9.75. The number of amides is 1. The highest BCUT2D eigenvalue weighted by Crippen LogP contribution is 2.26. The van der Waals surface area contributed by atoms with Crippen LogP contribution in [0, 0.1) is 5.82 Å². The van der Waals surface area contributed by atoms with E-state index < -0.39 is 15.9 Å². The second-order valence-corrected chi connectivity index (χ2v) is 8.03. The van der Waals surface area contributed by atoms with Crippen LogP contribution in [-0.2, 0) is 10.0 Å². The minimum atomic E-state index is -3.77. The molecule has 0 spiro atoms. The number of ether oxygens (including phenoxy) is 1. The van der Waals surface area contributed by atoms with Crippen molar-refractivity contribution in [1.82, 2.24) is 4.31 Å². The normalized spacial score (nSPS) is 15.6. The largest absolute Gasteiger partial charge is 0.496 e. The molecular formula is C18H20FN3O4S. The van der Waals surface area contributed by atoms with E-state index in [1.807, 2.05) is 4.90 Å². The van der Waals surface area contributed by atoms with E-state index in [4.69, 9.17) is 10.5 Å². The first-order valence-electron chi connectivity index (χ1n) is 8.31. The quantitative estimate of drug-likeness (QED) is 0.830. The molecule has 9 heteroatoms. The summed E-state index contributed by atoms with van der Waals surface area (Å²) in [6.45, 7) is 1.50. The number of methoxy groups -OCH3 is 1. The van der Waals surface area contributed by atoms with E-state index in [-0.39, 0.29) is 35.1 Å². The molecule has 144 valence electrons. The molecule has 7 nitrogen and oxygen atoms in total. The molecule has 27 heavy (non-hydrogen) atoms. The molecular weight excluding hydrogens is 373 g/mol. The molecule has 0 aliphatic carbocycles. The van der Waals surface area contributed by atoms with Gasteiger partial charge in [0.05, 0.1) is 17.6 Å². The van der Waals surface area contributed by atoms with Gasteiger partial charge in [-0.05, 0) is 42.5 Å². The van der Waals surface area contributed by atoms with Gasteiger partial charge in [0.25, 0.3) is 5.91 Å². The highest BCUT2D eigenvalue weighted by Gasteiger charge is 2.29. The highest BCUT2D eigenvalue weighted by molar-refractivity contribution is 7.89. The molecule has 0 unspecified atom stereocenters. The molecule has 1 saturated heterocycles. The topological polar surface area (TPSA) is 92.9 Å². The van der Waals surface area contributed by atoms with E-state index >= 15 is 0 Å². The highest BCUT2D eigenvalue weighted by atomic mass is 32.2. The Balaban J connectivity index is 1.78. The van der Waals surface area contributed by atoms with Gasteiger partial charge in [0.2, 0.25) is 10.0 Å². The van der Waals surface area contributed by atoms with Crippen molar-refractivity contribution < 1.29 is 22.3 Å². The zero-order valence-electron chi connectivity index (χ0n) is 14.8. The number of halogens is 1. The van der Waals surface area contributed by atoms with Gasteiger partial charge >= 0.3 is 0 Å². The van der Waals surface area contributed by atoms with Crippen molar-refractivity contribution in [2.45, 2.75) is 4.90 Å². The maximum absolute atomic E-state index is 13.1. The van der Waals surface area contributed by atoms with E-state index in [9.17, 15) is 17.6 Å². The van der Waals surface area contributed by atoms with Gasteiger partial charge in [-0.3, -0.25) is 4.79 Å². The number of hydrogen-bond acceptors (Lipinski definition) is 5. The van der Waals surface area contributed by atoms with Crippen LogP contribution in [0.15, 0.2) is 47.4 Å². The van der Waals surface area contributed by atoms with Crippen LogP contribution in [0.1, 0.15) is 10.4 Å². The fourth-order valence-electron chi connectivity index (χ4n) is 3.03. The summed E-state index contributed by atoms with van der Waals surface area (Å²) >= 11 is 0. The van der Waals surface area contributed by atoms with E-state index in [2.05, 4.69) is 0 Å². The third-order valence-electron chi connectivity index (χ3n) is 4.50. The molecule has 1 aliphatic heterocycles. The number of nitrogens with zero attached hydrogens (tertiary/aromatic N) is 2. The molecule has 1 aliphatic rings. The molecule has 0 atom stereocenters. The number of anilines is 1. The summed E-state index contributed by atoms with van der Waals surface area (Å²) < 4.78 is 45.3. The molecule has 3 rings (SSSR count). The van der Waals surface area contributed by atoms with E-state index in [0.29, 0.717) is 13.1 Å². The number of nitrogens with two attached hydrogens (primary N) is 1. The zero-order valence-corrected chi connectivity index (χ0v) is 15.6. The summed E-state index contributed by atoms with van der Waals surface area (Å²) in [5, 5.41) is 0. The minimum Gasteiger partial charge on any atom is -0.496 e. The Morgan fingerprint density at radius 1 is 1.07 bits per heavy atom. The van der Waals surface area contributed by atoms with E-state index in [1.54, 1.807) is 12.1 Å². The van der Waals surface area contributed by atoms with Crippen molar-refractivity contribution in [3.63, 3.8) is 0 Å². The molecule has 1 fully saturated rings. The zero-order chi connectivity index (χ0) is 19.6. The molecule has 2 aromatic rings. The molecule has 0 saturated carbocycles. The van der Waals surface area contributed by atoms with Crippen LogP contribution < -0.4 is 15.4 Å². The first kappa shape index (κ1) is 19.1. The third-order valence-corrected chi connectivity index (χ3v) is 6.40. The van der Waals surface area contributed by atoms with Crippen LogP contribution in [0.3, 0.4) is 0 Å². The number of carbonyl (C=O) groups excluding carboxylic acids is 1. The Morgan fingerprint density at radius 3 is 2.26 bits per heavy atom. The molecule has 1 amide bonds. The Kier molecular flexibility index (Phi) is 5.33. The SMILES string of the molecule is COc1ccc(S(=O)(=O)N2CCN(c3ccc(F)cc3)CC2)cc1C(N)=O. The number of sulfonamides is 1. The summed E-state index contributed by atoms with van der Waals surface area (Å²) in [5.74, 6) is -0.850. The second-order valence-electron chi connectivity index (χ2n) is 6.09. The molecule has 1 heterocycles. The smallest absolute Gasteiger partial charge is 0.252 e. The maximum Gasteiger partial charge on any atom is 0.252 e. The molecule has 2 N–H and O–H groups in total. The van der Waals surface area contributed by atoms with Gasteiger partial charge in [0.1, 0.15) is 11.6 Å². The van der Waals surface area contributed by atoms with Gasteiger partial charge in [-0.1, -0.05) is 0 Å². The van der Waals surface area contributed by atoms with Crippen LogP contribution in [0.2, 0.25) is 0 Å². The molecule has 0 radical (unpaired) electrons. The molecule has 2 aromatic carbocycles. The number of primary amides is 1. The maximum atomic E-state index is 13.1. The van der Waals surface area contributed by atoms with Crippen LogP contribution >= 0.6 is 0 Å². The number of piperazine rings is 1. The first-order chi connectivity index (χ1) is 12.8. The summed E-state index contributed by atoms with van der Waals surface area (Å²) in [4.78, 5) is 13.5. The number of benzene rings is 2. The van der Waals surface area contributed by atoms with Crippen molar-refractivity contribution >= 4 is 21.6 Å². The van der Waals surface area contributed by atoms with Gasteiger partial charge in [-0.15, -0.1) is 0 Å². The monoisotopic (exact) mass is 393 g/mol. The van der Waals surface area contributed by atoms with Crippen molar-refractivity contribution in [2.24, 2.45) is 5.73 Å². The molecule has 0 bridgehead atoms. The average Bonchev–Trinajstić information content (AvgIpc) is 2.68. The second kappa shape index (κ2) is 7.53. The van der Waals surface area contributed by atoms with Crippen LogP contribution in [-0.4, -0.2) is 51.9 Å². The van der Waals surface area contributed by atoms with Gasteiger partial charge < -0.3 is 15.4 Å². The summed E-state index contributed by atoms with van der Waals surface area (Å²) in [5.41, 5.74) is 6.17. The fraction of sp³-hybridized carbons (Fsp3) is 0.278. The van der Waals surface area contributed by atoms with Crippen LogP contribution in [0.25, 0.3) is 0 Å². The van der Waals surface area contributed by atoms with Gasteiger partial charge in [0, 0.05) is 31.9 Å². The lowest BCUT2D eigenvalue weighted by molar-refractivity contribution is 0.0997. The predicted octanol–water partition coefficient (Wildman–Crippen LogP) is 1.44. The lowest BCUT2D eigenvalue weighted by atomic mass is 10.2. The van der Waals surface area contributed by atoms with E-state index in [0.717, 1.165) is 5.69 Å². The van der Waals surface area contributed by atoms with Gasteiger partial charge in [-0.2, -0.15) is 4.31 Å². The lowest BCUT2D eigenvalue weighted by Crippen LogP contribution is -2.48.